The zero-order valence-electron chi connectivity index (χ0n) is 15.0. The van der Waals surface area contributed by atoms with Crippen LogP contribution < -0.4 is 0 Å². The topological polar surface area (TPSA) is 79.8 Å². The molecule has 3 aliphatic rings. The first-order chi connectivity index (χ1) is 12.4. The summed E-state index contributed by atoms with van der Waals surface area (Å²) in [6, 6.07) is 5.63. The van der Waals surface area contributed by atoms with Gasteiger partial charge in [-0.1, -0.05) is 6.07 Å². The molecule has 1 saturated carbocycles. The van der Waals surface area contributed by atoms with Gasteiger partial charge in [0, 0.05) is 26.3 Å². The maximum atomic E-state index is 12.7. The van der Waals surface area contributed by atoms with E-state index in [4.69, 9.17) is 4.74 Å². The molecule has 3 atom stereocenters. The number of carbonyl (C=O) groups is 1. The van der Waals surface area contributed by atoms with E-state index in [0.29, 0.717) is 26.1 Å². The molecule has 1 aromatic heterocycles. The van der Waals surface area contributed by atoms with Crippen molar-refractivity contribution in [2.75, 3.05) is 20.1 Å². The van der Waals surface area contributed by atoms with Gasteiger partial charge in [0.15, 0.2) is 0 Å². The molecule has 1 aliphatic carbocycles. The summed E-state index contributed by atoms with van der Waals surface area (Å²) in [7, 11) is -1.42. The van der Waals surface area contributed by atoms with E-state index in [-0.39, 0.29) is 23.2 Å². The number of carbonyl (C=O) groups excluding carboxylic acids is 1. The largest absolute Gasteiger partial charge is 0.363 e. The molecule has 0 N–H and O–H groups in total. The number of fused-ring (bicyclic) bond motifs is 1. The maximum Gasteiger partial charge on any atom is 0.251 e. The second-order valence-corrected chi connectivity index (χ2v) is 9.78. The number of ether oxygens (including phenoxy) is 1. The van der Waals surface area contributed by atoms with Crippen molar-refractivity contribution in [3.8, 4) is 0 Å². The maximum absolute atomic E-state index is 12.7. The van der Waals surface area contributed by atoms with Crippen LogP contribution >= 0.6 is 0 Å². The Labute approximate surface area is 154 Å². The summed E-state index contributed by atoms with van der Waals surface area (Å²) in [5.41, 5.74) is 0.834. The van der Waals surface area contributed by atoms with Crippen LogP contribution in [0.2, 0.25) is 0 Å². The summed E-state index contributed by atoms with van der Waals surface area (Å²) in [5.74, 6) is 0.208. The molecule has 2 saturated heterocycles. The molecule has 0 aromatic carbocycles. The number of amides is 1. The van der Waals surface area contributed by atoms with Gasteiger partial charge in [0.05, 0.1) is 23.6 Å². The Hall–Kier alpha value is -1.51. The molecular weight excluding hydrogens is 354 g/mol. The normalized spacial score (nSPS) is 29.3. The third kappa shape index (κ3) is 3.50. The van der Waals surface area contributed by atoms with Crippen molar-refractivity contribution in [3.63, 3.8) is 0 Å². The Morgan fingerprint density at radius 1 is 1.35 bits per heavy atom. The van der Waals surface area contributed by atoms with Crippen LogP contribution in [0, 0.1) is 5.92 Å². The molecule has 1 amide bonds. The van der Waals surface area contributed by atoms with Crippen molar-refractivity contribution in [3.05, 3.63) is 30.1 Å². The monoisotopic (exact) mass is 379 g/mol. The molecule has 0 radical (unpaired) electrons. The van der Waals surface area contributed by atoms with Gasteiger partial charge < -0.3 is 9.64 Å². The Morgan fingerprint density at radius 3 is 2.85 bits per heavy atom. The standard InChI is InChI=1S/C18H25N3O4S/c1-20(11-14-4-2-3-8-19-14)18(22)16-10-13-7-9-21(12-17(13)25-16)26(23,24)15-5-6-15/h2-4,8,13,15-17H,5-7,9-12H2,1H3/t13-,16+,17+/m0/s1. The van der Waals surface area contributed by atoms with Gasteiger partial charge in [-0.15, -0.1) is 0 Å². The molecule has 0 bridgehead atoms. The van der Waals surface area contributed by atoms with E-state index in [1.54, 1.807) is 22.4 Å². The van der Waals surface area contributed by atoms with Crippen LogP contribution in [-0.2, 0) is 26.1 Å². The van der Waals surface area contributed by atoms with Crippen molar-refractivity contribution in [1.82, 2.24) is 14.2 Å². The van der Waals surface area contributed by atoms with Gasteiger partial charge in [-0.25, -0.2) is 8.42 Å². The average molecular weight is 379 g/mol. The fourth-order valence-corrected chi connectivity index (χ4v) is 5.80. The van der Waals surface area contributed by atoms with Crippen molar-refractivity contribution < 1.29 is 17.9 Å². The lowest BCUT2D eigenvalue weighted by Crippen LogP contribution is -2.46. The highest BCUT2D eigenvalue weighted by Crippen LogP contribution is 2.38. The lowest BCUT2D eigenvalue weighted by atomic mass is 9.92. The number of aromatic nitrogens is 1. The Morgan fingerprint density at radius 2 is 2.15 bits per heavy atom. The van der Waals surface area contributed by atoms with Crippen LogP contribution in [0.4, 0.5) is 0 Å². The third-order valence-electron chi connectivity index (χ3n) is 5.60. The molecule has 142 valence electrons. The summed E-state index contributed by atoms with van der Waals surface area (Å²) in [6.45, 7) is 1.38. The van der Waals surface area contributed by atoms with Crippen LogP contribution in [0.1, 0.15) is 31.4 Å². The van der Waals surface area contributed by atoms with Gasteiger partial charge in [0.25, 0.3) is 5.91 Å². The number of piperidine rings is 1. The van der Waals surface area contributed by atoms with E-state index in [0.717, 1.165) is 25.0 Å². The Kier molecular flexibility index (Phi) is 4.75. The first kappa shape index (κ1) is 17.9. The smallest absolute Gasteiger partial charge is 0.251 e. The van der Waals surface area contributed by atoms with Crippen LogP contribution in [0.3, 0.4) is 0 Å². The summed E-state index contributed by atoms with van der Waals surface area (Å²) < 4.78 is 32.5. The molecule has 7 nitrogen and oxygen atoms in total. The number of likely N-dealkylation sites (N-methyl/N-ethyl adjacent to an activating group) is 1. The molecule has 8 heteroatoms. The molecule has 3 fully saturated rings. The lowest BCUT2D eigenvalue weighted by molar-refractivity contribution is -0.142. The zero-order chi connectivity index (χ0) is 18.3. The lowest BCUT2D eigenvalue weighted by Gasteiger charge is -2.33. The van der Waals surface area contributed by atoms with E-state index < -0.39 is 16.1 Å². The van der Waals surface area contributed by atoms with Crippen molar-refractivity contribution in [1.29, 1.82) is 0 Å². The van der Waals surface area contributed by atoms with Crippen LogP contribution in [0.25, 0.3) is 0 Å². The minimum atomic E-state index is -3.17. The highest BCUT2D eigenvalue weighted by molar-refractivity contribution is 7.90. The van der Waals surface area contributed by atoms with Gasteiger partial charge in [-0.05, 0) is 43.7 Å². The number of nitrogens with zero attached hydrogens (tertiary/aromatic N) is 3. The van der Waals surface area contributed by atoms with Gasteiger partial charge >= 0.3 is 0 Å². The molecule has 3 heterocycles. The van der Waals surface area contributed by atoms with Crippen LogP contribution in [0.5, 0.6) is 0 Å². The average Bonchev–Trinajstić information content (AvgIpc) is 3.41. The van der Waals surface area contributed by atoms with E-state index >= 15 is 0 Å². The zero-order valence-corrected chi connectivity index (χ0v) is 15.8. The predicted molar refractivity (Wildman–Crippen MR) is 95.6 cm³/mol. The Bertz CT molecular complexity index is 766. The van der Waals surface area contributed by atoms with Crippen molar-refractivity contribution in [2.45, 2.75) is 49.7 Å². The first-order valence-electron chi connectivity index (χ1n) is 9.24. The number of hydrogen-bond acceptors (Lipinski definition) is 5. The number of rotatable bonds is 5. The van der Waals surface area contributed by atoms with Gasteiger partial charge in [-0.2, -0.15) is 4.31 Å². The summed E-state index contributed by atoms with van der Waals surface area (Å²) in [4.78, 5) is 18.6. The van der Waals surface area contributed by atoms with E-state index in [1.807, 2.05) is 18.2 Å². The number of sulfonamides is 1. The quantitative estimate of drug-likeness (QED) is 0.763. The fourth-order valence-electron chi connectivity index (χ4n) is 3.93. The first-order valence-corrected chi connectivity index (χ1v) is 10.7. The SMILES string of the molecule is CN(Cc1ccccn1)C(=O)[C@H]1C[C@@H]2CCN(S(=O)(=O)C3CC3)C[C@H]2O1. The van der Waals surface area contributed by atoms with Gasteiger partial charge in [0.1, 0.15) is 6.10 Å². The van der Waals surface area contributed by atoms with Crippen LogP contribution in [-0.4, -0.2) is 66.1 Å². The second kappa shape index (κ2) is 6.90. The molecule has 4 rings (SSSR count). The highest BCUT2D eigenvalue weighted by Gasteiger charge is 2.47. The molecular formula is C18H25N3O4S. The third-order valence-corrected chi connectivity index (χ3v) is 7.96. The van der Waals surface area contributed by atoms with Gasteiger partial charge in [0.2, 0.25) is 10.0 Å². The van der Waals surface area contributed by atoms with E-state index in [2.05, 4.69) is 4.98 Å². The van der Waals surface area contributed by atoms with Gasteiger partial charge in [-0.3, -0.25) is 9.78 Å². The number of hydrogen-bond donors (Lipinski definition) is 0. The van der Waals surface area contributed by atoms with Crippen molar-refractivity contribution >= 4 is 15.9 Å². The van der Waals surface area contributed by atoms with Crippen molar-refractivity contribution in [2.24, 2.45) is 5.92 Å². The van der Waals surface area contributed by atoms with Crippen LogP contribution in [0.15, 0.2) is 24.4 Å². The molecule has 0 spiro atoms. The highest BCUT2D eigenvalue weighted by atomic mass is 32.2. The fraction of sp³-hybridized carbons (Fsp3) is 0.667. The summed E-state index contributed by atoms with van der Waals surface area (Å²) >= 11 is 0. The minimum Gasteiger partial charge on any atom is -0.363 e. The molecule has 0 unspecified atom stereocenters. The second-order valence-electron chi connectivity index (χ2n) is 7.57. The summed E-state index contributed by atoms with van der Waals surface area (Å²) in [5, 5.41) is -0.192. The summed E-state index contributed by atoms with van der Waals surface area (Å²) in [6.07, 6.45) is 4.04. The minimum absolute atomic E-state index is 0.0540. The van der Waals surface area contributed by atoms with E-state index in [9.17, 15) is 13.2 Å². The predicted octanol–water partition coefficient (Wildman–Crippen LogP) is 1.01. The molecule has 26 heavy (non-hydrogen) atoms. The Balaban J connectivity index is 1.36. The number of pyridine rings is 1. The molecule has 2 aliphatic heterocycles. The van der Waals surface area contributed by atoms with E-state index in [1.165, 1.54) is 0 Å². The molecule has 1 aromatic rings.